The summed E-state index contributed by atoms with van der Waals surface area (Å²) in [7, 11) is 0. The van der Waals surface area contributed by atoms with E-state index < -0.39 is 0 Å². The lowest BCUT2D eigenvalue weighted by Gasteiger charge is -2.04. The zero-order chi connectivity index (χ0) is 11.5. The molecule has 0 saturated heterocycles. The van der Waals surface area contributed by atoms with E-state index in [1.54, 1.807) is 24.5 Å². The first-order valence-electron chi connectivity index (χ1n) is 5.00. The van der Waals surface area contributed by atoms with Crippen molar-refractivity contribution in [1.29, 1.82) is 0 Å². The molecule has 0 fully saturated rings. The van der Waals surface area contributed by atoms with Gasteiger partial charge in [0.05, 0.1) is 6.04 Å². The van der Waals surface area contributed by atoms with Gasteiger partial charge >= 0.3 is 0 Å². The smallest absolute Gasteiger partial charge is 0.144 e. The Kier molecular flexibility index (Phi) is 2.92. The van der Waals surface area contributed by atoms with Crippen LogP contribution in [0.4, 0.5) is 4.39 Å². The molecule has 2 N–H and O–H groups in total. The summed E-state index contributed by atoms with van der Waals surface area (Å²) in [4.78, 5) is 8.29. The van der Waals surface area contributed by atoms with Crippen molar-refractivity contribution in [3.63, 3.8) is 0 Å². The molecule has 0 amide bonds. The first-order chi connectivity index (χ1) is 7.66. The normalized spacial score (nSPS) is 12.4. The van der Waals surface area contributed by atoms with E-state index in [1.165, 1.54) is 12.1 Å². The molecule has 1 aromatic carbocycles. The molecule has 0 bridgehead atoms. The quantitative estimate of drug-likeness (QED) is 0.839. The molecular weight excluding hydrogens is 205 g/mol. The van der Waals surface area contributed by atoms with Crippen LogP contribution in [0, 0.1) is 5.82 Å². The highest BCUT2D eigenvalue weighted by atomic mass is 19.1. The van der Waals surface area contributed by atoms with Crippen molar-refractivity contribution < 1.29 is 4.39 Å². The van der Waals surface area contributed by atoms with Gasteiger partial charge in [-0.05, 0) is 24.6 Å². The number of benzene rings is 1. The van der Waals surface area contributed by atoms with E-state index in [9.17, 15) is 4.39 Å². The van der Waals surface area contributed by atoms with Crippen LogP contribution in [-0.2, 0) is 0 Å². The highest BCUT2D eigenvalue weighted by Gasteiger charge is 2.03. The van der Waals surface area contributed by atoms with Crippen LogP contribution in [0.15, 0.2) is 36.7 Å². The molecule has 1 aromatic heterocycles. The second kappa shape index (κ2) is 4.37. The third-order valence-corrected chi connectivity index (χ3v) is 2.26. The lowest BCUT2D eigenvalue weighted by molar-refractivity contribution is 0.628. The van der Waals surface area contributed by atoms with Crippen LogP contribution in [-0.4, -0.2) is 9.97 Å². The van der Waals surface area contributed by atoms with Crippen LogP contribution in [0.25, 0.3) is 11.1 Å². The average Bonchev–Trinajstić information content (AvgIpc) is 2.30. The molecule has 3 nitrogen and oxygen atoms in total. The molecule has 0 saturated carbocycles. The molecule has 4 heteroatoms. The monoisotopic (exact) mass is 217 g/mol. The summed E-state index contributed by atoms with van der Waals surface area (Å²) in [5.41, 5.74) is 7.39. The molecule has 0 aliphatic rings. The third-order valence-electron chi connectivity index (χ3n) is 2.26. The second-order valence-corrected chi connectivity index (χ2v) is 3.63. The fourth-order valence-electron chi connectivity index (χ4n) is 1.36. The Morgan fingerprint density at radius 3 is 2.12 bits per heavy atom. The van der Waals surface area contributed by atoms with Gasteiger partial charge in [0.2, 0.25) is 0 Å². The maximum Gasteiger partial charge on any atom is 0.144 e. The first-order valence-corrected chi connectivity index (χ1v) is 5.00. The van der Waals surface area contributed by atoms with E-state index in [0.29, 0.717) is 5.82 Å². The molecule has 1 atom stereocenters. The van der Waals surface area contributed by atoms with Crippen LogP contribution < -0.4 is 5.73 Å². The number of halogens is 1. The van der Waals surface area contributed by atoms with Gasteiger partial charge in [-0.3, -0.25) is 0 Å². The minimum Gasteiger partial charge on any atom is -0.322 e. The summed E-state index contributed by atoms with van der Waals surface area (Å²) in [6.07, 6.45) is 3.39. The van der Waals surface area contributed by atoms with Crippen molar-refractivity contribution in [3.05, 3.63) is 48.3 Å². The van der Waals surface area contributed by atoms with Crippen LogP contribution in [0.5, 0.6) is 0 Å². The summed E-state index contributed by atoms with van der Waals surface area (Å²) >= 11 is 0. The summed E-state index contributed by atoms with van der Waals surface area (Å²) in [5.74, 6) is 0.350. The van der Waals surface area contributed by atoms with Crippen molar-refractivity contribution in [2.24, 2.45) is 5.73 Å². The highest BCUT2D eigenvalue weighted by Crippen LogP contribution is 2.18. The van der Waals surface area contributed by atoms with Crippen LogP contribution >= 0.6 is 0 Å². The Bertz CT molecular complexity index is 463. The van der Waals surface area contributed by atoms with Gasteiger partial charge in [0, 0.05) is 18.0 Å². The molecule has 0 spiro atoms. The van der Waals surface area contributed by atoms with Gasteiger partial charge in [-0.2, -0.15) is 0 Å². The third kappa shape index (κ3) is 2.23. The predicted octanol–water partition coefficient (Wildman–Crippen LogP) is 2.30. The van der Waals surface area contributed by atoms with Gasteiger partial charge in [0.15, 0.2) is 0 Å². The molecule has 1 unspecified atom stereocenters. The van der Waals surface area contributed by atoms with Crippen molar-refractivity contribution in [2.75, 3.05) is 0 Å². The van der Waals surface area contributed by atoms with Crippen LogP contribution in [0.2, 0.25) is 0 Å². The lowest BCUT2D eigenvalue weighted by Crippen LogP contribution is -2.09. The summed E-state index contributed by atoms with van der Waals surface area (Å²) in [6.45, 7) is 1.83. The Hall–Kier alpha value is -1.81. The molecule has 2 rings (SSSR count). The fraction of sp³-hybridized carbons (Fsp3) is 0.167. The van der Waals surface area contributed by atoms with E-state index in [0.717, 1.165) is 11.1 Å². The molecular formula is C12H12FN3. The van der Waals surface area contributed by atoms with Gasteiger partial charge in [0.25, 0.3) is 0 Å². The number of rotatable bonds is 2. The van der Waals surface area contributed by atoms with Crippen LogP contribution in [0.3, 0.4) is 0 Å². The minimum atomic E-state index is -0.253. The van der Waals surface area contributed by atoms with E-state index in [4.69, 9.17) is 5.73 Å². The van der Waals surface area contributed by atoms with Gasteiger partial charge in [-0.15, -0.1) is 0 Å². The van der Waals surface area contributed by atoms with E-state index in [1.807, 2.05) is 6.92 Å². The highest BCUT2D eigenvalue weighted by molar-refractivity contribution is 5.61. The molecule has 0 radical (unpaired) electrons. The average molecular weight is 217 g/mol. The number of nitrogens with two attached hydrogens (primary N) is 1. The Labute approximate surface area is 93.2 Å². The summed E-state index contributed by atoms with van der Waals surface area (Å²) in [6, 6.07) is 6.03. The molecule has 82 valence electrons. The number of hydrogen-bond acceptors (Lipinski definition) is 3. The number of aromatic nitrogens is 2. The topological polar surface area (TPSA) is 51.8 Å². The first kappa shape index (κ1) is 10.7. The standard InChI is InChI=1S/C12H12FN3/c1-8(14)12-15-6-10(7-16-12)9-2-4-11(13)5-3-9/h2-8H,14H2,1H3. The van der Waals surface area contributed by atoms with Crippen molar-refractivity contribution in [2.45, 2.75) is 13.0 Å². The maximum absolute atomic E-state index is 12.7. The summed E-state index contributed by atoms with van der Waals surface area (Å²) < 4.78 is 12.7. The van der Waals surface area contributed by atoms with Crippen molar-refractivity contribution >= 4 is 0 Å². The second-order valence-electron chi connectivity index (χ2n) is 3.63. The lowest BCUT2D eigenvalue weighted by atomic mass is 10.1. The van der Waals surface area contributed by atoms with Gasteiger partial charge in [-0.1, -0.05) is 12.1 Å². The predicted molar refractivity (Wildman–Crippen MR) is 60.0 cm³/mol. The Balaban J connectivity index is 2.31. The molecule has 0 aliphatic heterocycles. The van der Waals surface area contributed by atoms with Gasteiger partial charge in [0.1, 0.15) is 11.6 Å². The minimum absolute atomic E-state index is 0.178. The van der Waals surface area contributed by atoms with E-state index in [-0.39, 0.29) is 11.9 Å². The maximum atomic E-state index is 12.7. The van der Waals surface area contributed by atoms with Crippen molar-refractivity contribution in [3.8, 4) is 11.1 Å². The largest absolute Gasteiger partial charge is 0.322 e. The molecule has 2 aromatic rings. The van der Waals surface area contributed by atoms with Gasteiger partial charge in [-0.25, -0.2) is 14.4 Å². The van der Waals surface area contributed by atoms with E-state index >= 15 is 0 Å². The fourth-order valence-corrected chi connectivity index (χ4v) is 1.36. The molecule has 1 heterocycles. The number of nitrogens with zero attached hydrogens (tertiary/aromatic N) is 2. The SMILES string of the molecule is CC(N)c1ncc(-c2ccc(F)cc2)cn1. The Morgan fingerprint density at radius 2 is 1.62 bits per heavy atom. The zero-order valence-electron chi connectivity index (χ0n) is 8.89. The summed E-state index contributed by atoms with van der Waals surface area (Å²) in [5, 5.41) is 0. The Morgan fingerprint density at radius 1 is 1.06 bits per heavy atom. The number of hydrogen-bond donors (Lipinski definition) is 1. The van der Waals surface area contributed by atoms with Crippen LogP contribution in [0.1, 0.15) is 18.8 Å². The molecule has 16 heavy (non-hydrogen) atoms. The van der Waals surface area contributed by atoms with Gasteiger partial charge < -0.3 is 5.73 Å². The molecule has 0 aliphatic carbocycles. The van der Waals surface area contributed by atoms with E-state index in [2.05, 4.69) is 9.97 Å². The zero-order valence-corrected chi connectivity index (χ0v) is 8.89. The van der Waals surface area contributed by atoms with Crippen molar-refractivity contribution in [1.82, 2.24) is 9.97 Å².